The molecule has 2 aliphatic heterocycles. The highest BCUT2D eigenvalue weighted by Gasteiger charge is 2.50. The molecule has 1 aliphatic carbocycles. The van der Waals surface area contributed by atoms with Crippen molar-refractivity contribution >= 4 is 56.6 Å². The summed E-state index contributed by atoms with van der Waals surface area (Å²) in [4.78, 5) is 65.2. The SMILES string of the molecule is COC(=O)n1c2c(c3cc(Br)ccc31)CC1C(=O)N(CCCCCCCCCCCCN3C(=O)C=CC3=O)C(=O)C1C2. The average molecular weight is 641 g/mol. The summed E-state index contributed by atoms with van der Waals surface area (Å²) in [5.74, 6) is -1.43. The van der Waals surface area contributed by atoms with Gasteiger partial charge in [0.15, 0.2) is 0 Å². The van der Waals surface area contributed by atoms with Gasteiger partial charge >= 0.3 is 6.09 Å². The zero-order valence-corrected chi connectivity index (χ0v) is 25.7. The quantitative estimate of drug-likeness (QED) is 0.210. The molecule has 1 fully saturated rings. The van der Waals surface area contributed by atoms with Crippen LogP contribution in [0.2, 0.25) is 0 Å². The van der Waals surface area contributed by atoms with Gasteiger partial charge in [0, 0.05) is 47.2 Å². The Morgan fingerprint density at radius 2 is 1.31 bits per heavy atom. The molecule has 42 heavy (non-hydrogen) atoms. The van der Waals surface area contributed by atoms with Gasteiger partial charge in [-0.15, -0.1) is 0 Å². The minimum atomic E-state index is -0.485. The first-order chi connectivity index (χ1) is 20.3. The zero-order valence-electron chi connectivity index (χ0n) is 24.1. The first-order valence-corrected chi connectivity index (χ1v) is 15.9. The molecule has 2 atom stereocenters. The van der Waals surface area contributed by atoms with Crippen LogP contribution >= 0.6 is 15.9 Å². The summed E-state index contributed by atoms with van der Waals surface area (Å²) in [6.07, 6.45) is 13.4. The van der Waals surface area contributed by atoms with Gasteiger partial charge in [0.1, 0.15) is 0 Å². The largest absolute Gasteiger partial charge is 0.452 e. The number of hydrogen-bond acceptors (Lipinski definition) is 6. The van der Waals surface area contributed by atoms with Gasteiger partial charge in [0.25, 0.3) is 11.8 Å². The van der Waals surface area contributed by atoms with E-state index in [4.69, 9.17) is 4.74 Å². The van der Waals surface area contributed by atoms with Crippen LogP contribution < -0.4 is 0 Å². The van der Waals surface area contributed by atoms with Crippen LogP contribution in [0.25, 0.3) is 10.9 Å². The van der Waals surface area contributed by atoms with Crippen molar-refractivity contribution in [2.75, 3.05) is 20.2 Å². The molecule has 2 unspecified atom stereocenters. The zero-order chi connectivity index (χ0) is 29.8. The topological polar surface area (TPSA) is 106 Å². The molecule has 0 radical (unpaired) electrons. The molecule has 5 rings (SSSR count). The predicted octanol–water partition coefficient (Wildman–Crippen LogP) is 5.54. The summed E-state index contributed by atoms with van der Waals surface area (Å²) >= 11 is 3.52. The molecule has 1 saturated heterocycles. The molecule has 4 amide bonds. The lowest BCUT2D eigenvalue weighted by Crippen LogP contribution is -2.32. The number of aromatic nitrogens is 1. The van der Waals surface area contributed by atoms with Crippen LogP contribution in [0, 0.1) is 11.8 Å². The Hall–Kier alpha value is -3.27. The molecule has 1 aromatic heterocycles. The maximum atomic E-state index is 13.3. The van der Waals surface area contributed by atoms with E-state index in [2.05, 4.69) is 15.9 Å². The van der Waals surface area contributed by atoms with Gasteiger partial charge in [-0.25, -0.2) is 9.36 Å². The molecule has 9 nitrogen and oxygen atoms in total. The Labute approximate surface area is 254 Å². The van der Waals surface area contributed by atoms with E-state index < -0.39 is 12.0 Å². The number of carbonyl (C=O) groups is 5. The van der Waals surface area contributed by atoms with E-state index >= 15 is 0 Å². The van der Waals surface area contributed by atoms with Crippen LogP contribution in [0.1, 0.15) is 75.5 Å². The maximum absolute atomic E-state index is 13.3. The molecule has 0 bridgehead atoms. The second kappa shape index (κ2) is 13.4. The fourth-order valence-corrected chi connectivity index (χ4v) is 7.05. The first-order valence-electron chi connectivity index (χ1n) is 15.1. The number of amides is 4. The number of hydrogen-bond donors (Lipinski definition) is 0. The number of fused-ring (bicyclic) bond motifs is 4. The number of likely N-dealkylation sites (tertiary alicyclic amines) is 1. The molecular formula is C32H38BrN3O6. The first kappa shape index (κ1) is 30.2. The van der Waals surface area contributed by atoms with Gasteiger partial charge in [0.05, 0.1) is 24.5 Å². The molecule has 0 saturated carbocycles. The van der Waals surface area contributed by atoms with Gasteiger partial charge in [-0.05, 0) is 43.0 Å². The van der Waals surface area contributed by atoms with Crippen molar-refractivity contribution < 1.29 is 28.7 Å². The molecule has 3 heterocycles. The highest BCUT2D eigenvalue weighted by Crippen LogP contribution is 2.42. The van der Waals surface area contributed by atoms with Gasteiger partial charge in [-0.1, -0.05) is 67.3 Å². The maximum Gasteiger partial charge on any atom is 0.418 e. The fourth-order valence-electron chi connectivity index (χ4n) is 6.69. The Balaban J connectivity index is 1.02. The monoisotopic (exact) mass is 639 g/mol. The van der Waals surface area contributed by atoms with Crippen LogP contribution in [0.15, 0.2) is 34.8 Å². The summed E-state index contributed by atoms with van der Waals surface area (Å²) in [5, 5.41) is 0.912. The second-order valence-electron chi connectivity index (χ2n) is 11.5. The third-order valence-electron chi connectivity index (χ3n) is 8.90. The molecular weight excluding hydrogens is 602 g/mol. The van der Waals surface area contributed by atoms with Crippen molar-refractivity contribution in [3.05, 3.63) is 46.1 Å². The molecule has 2 aromatic rings. The number of carbonyl (C=O) groups excluding carboxylic acids is 5. The third-order valence-corrected chi connectivity index (χ3v) is 9.40. The van der Waals surface area contributed by atoms with Crippen molar-refractivity contribution in [2.24, 2.45) is 11.8 Å². The molecule has 0 spiro atoms. The van der Waals surface area contributed by atoms with Gasteiger partial charge in [-0.2, -0.15) is 0 Å². The smallest absolute Gasteiger partial charge is 0.418 e. The van der Waals surface area contributed by atoms with E-state index in [-0.39, 0.29) is 29.5 Å². The van der Waals surface area contributed by atoms with Crippen molar-refractivity contribution in [3.63, 3.8) is 0 Å². The molecule has 1 aromatic carbocycles. The van der Waals surface area contributed by atoms with Crippen LogP contribution in [0.4, 0.5) is 4.79 Å². The second-order valence-corrected chi connectivity index (χ2v) is 12.5. The van der Waals surface area contributed by atoms with E-state index in [1.807, 2.05) is 18.2 Å². The van der Waals surface area contributed by atoms with Crippen molar-refractivity contribution in [2.45, 2.75) is 77.0 Å². The van der Waals surface area contributed by atoms with E-state index in [9.17, 15) is 24.0 Å². The number of unbranched alkanes of at least 4 members (excludes halogenated alkanes) is 9. The number of methoxy groups -OCH3 is 1. The highest BCUT2D eigenvalue weighted by atomic mass is 79.9. The summed E-state index contributed by atoms with van der Waals surface area (Å²) in [5.41, 5.74) is 2.46. The Kier molecular flexibility index (Phi) is 9.60. The number of rotatable bonds is 13. The third kappa shape index (κ3) is 6.09. The van der Waals surface area contributed by atoms with E-state index in [1.54, 1.807) is 4.57 Å². The lowest BCUT2D eigenvalue weighted by molar-refractivity contribution is -0.140. The van der Waals surface area contributed by atoms with Gasteiger partial charge in [-0.3, -0.25) is 29.0 Å². The van der Waals surface area contributed by atoms with Crippen LogP contribution in [0.3, 0.4) is 0 Å². The van der Waals surface area contributed by atoms with Gasteiger partial charge < -0.3 is 4.74 Å². The van der Waals surface area contributed by atoms with Crippen molar-refractivity contribution in [3.8, 4) is 0 Å². The number of imide groups is 2. The summed E-state index contributed by atoms with van der Waals surface area (Å²) < 4.78 is 7.50. The predicted molar refractivity (Wildman–Crippen MR) is 161 cm³/mol. The molecule has 10 heteroatoms. The van der Waals surface area contributed by atoms with E-state index in [0.717, 1.165) is 90.8 Å². The lowest BCUT2D eigenvalue weighted by Gasteiger charge is -2.23. The van der Waals surface area contributed by atoms with E-state index in [0.29, 0.717) is 25.9 Å². The van der Waals surface area contributed by atoms with Crippen molar-refractivity contribution in [1.82, 2.24) is 14.4 Å². The van der Waals surface area contributed by atoms with Crippen LogP contribution in [0.5, 0.6) is 0 Å². The number of halogens is 1. The number of ether oxygens (including phenoxy) is 1. The molecule has 224 valence electrons. The standard InChI is InChI=1S/C32H38BrN3O6/c1-42-32(41)36-26-13-12-21(33)18-22(26)23-19-24-25(20-27(23)36)31(40)35(30(24)39)17-11-9-7-5-3-2-4-6-8-10-16-34-28(37)14-15-29(34)38/h12-15,18,24-25H,2-11,16-17,19-20H2,1H3. The minimum Gasteiger partial charge on any atom is -0.452 e. The van der Waals surface area contributed by atoms with Crippen LogP contribution in [-0.4, -0.2) is 64.3 Å². The van der Waals surface area contributed by atoms with E-state index in [1.165, 1.54) is 29.1 Å². The Morgan fingerprint density at radius 3 is 1.88 bits per heavy atom. The Bertz CT molecular complexity index is 1410. The summed E-state index contributed by atoms with van der Waals surface area (Å²) in [7, 11) is 1.35. The molecule has 0 N–H and O–H groups in total. The minimum absolute atomic E-state index is 0.0839. The van der Waals surface area contributed by atoms with Crippen LogP contribution in [-0.2, 0) is 36.8 Å². The number of nitrogens with zero attached hydrogens (tertiary/aromatic N) is 3. The summed E-state index contributed by atoms with van der Waals surface area (Å²) in [6, 6.07) is 5.70. The average Bonchev–Trinajstić information content (AvgIpc) is 3.56. The van der Waals surface area contributed by atoms with Crippen molar-refractivity contribution in [1.29, 1.82) is 0 Å². The molecule has 3 aliphatic rings. The summed E-state index contributed by atoms with van der Waals surface area (Å²) in [6.45, 7) is 0.959. The highest BCUT2D eigenvalue weighted by molar-refractivity contribution is 9.10. The Morgan fingerprint density at radius 1 is 0.786 bits per heavy atom. The lowest BCUT2D eigenvalue weighted by atomic mass is 9.79. The normalized spacial score (nSPS) is 19.8. The van der Waals surface area contributed by atoms with Gasteiger partial charge in [0.2, 0.25) is 11.8 Å². The number of benzene rings is 1. The fraction of sp³-hybridized carbons (Fsp3) is 0.531.